The molecule has 9 rings (SSSR count). The zero-order chi connectivity index (χ0) is 32.6. The third-order valence-electron chi connectivity index (χ3n) is 9.03. The highest BCUT2D eigenvalue weighted by Crippen LogP contribution is 2.39. The summed E-state index contributed by atoms with van der Waals surface area (Å²) in [6, 6.07) is 56.5. The zero-order valence-corrected chi connectivity index (χ0v) is 26.5. The van der Waals surface area contributed by atoms with Gasteiger partial charge >= 0.3 is 0 Å². The van der Waals surface area contributed by atoms with Crippen LogP contribution >= 0.6 is 0 Å². The van der Waals surface area contributed by atoms with Crippen LogP contribution in [-0.2, 0) is 0 Å². The van der Waals surface area contributed by atoms with Crippen LogP contribution in [0.5, 0.6) is 0 Å². The lowest BCUT2D eigenvalue weighted by Crippen LogP contribution is -1.99. The van der Waals surface area contributed by atoms with Crippen LogP contribution in [0.1, 0.15) is 0 Å². The second-order valence-corrected chi connectivity index (χ2v) is 12.1. The highest BCUT2D eigenvalue weighted by atomic mass is 16.3. The van der Waals surface area contributed by atoms with Gasteiger partial charge in [0.1, 0.15) is 11.2 Å². The van der Waals surface area contributed by atoms with Crippen LogP contribution in [0.3, 0.4) is 0 Å². The minimum atomic E-state index is 0.636. The number of furan rings is 1. The predicted molar refractivity (Wildman–Crippen MR) is 200 cm³/mol. The molecule has 49 heavy (non-hydrogen) atoms. The van der Waals surface area contributed by atoms with Crippen LogP contribution in [-0.4, -0.2) is 15.0 Å². The van der Waals surface area contributed by atoms with Gasteiger partial charge in [0.05, 0.1) is 11.4 Å². The molecular formula is C45H29N3O. The highest BCUT2D eigenvalue weighted by molar-refractivity contribution is 6.06. The lowest BCUT2D eigenvalue weighted by atomic mass is 9.92. The third kappa shape index (κ3) is 5.35. The lowest BCUT2D eigenvalue weighted by Gasteiger charge is -2.16. The van der Waals surface area contributed by atoms with E-state index in [-0.39, 0.29) is 0 Å². The van der Waals surface area contributed by atoms with E-state index in [9.17, 15) is 0 Å². The number of hydrogen-bond donors (Lipinski definition) is 0. The molecule has 4 heteroatoms. The van der Waals surface area contributed by atoms with E-state index in [1.54, 1.807) is 0 Å². The summed E-state index contributed by atoms with van der Waals surface area (Å²) in [6.07, 6.45) is 3.72. The first-order valence-electron chi connectivity index (χ1n) is 16.3. The third-order valence-corrected chi connectivity index (χ3v) is 9.03. The average molecular weight is 628 g/mol. The summed E-state index contributed by atoms with van der Waals surface area (Å²) >= 11 is 0. The minimum Gasteiger partial charge on any atom is -0.456 e. The fraction of sp³-hybridized carbons (Fsp3) is 0. The molecule has 0 aliphatic heterocycles. The maximum atomic E-state index is 6.13. The van der Waals surface area contributed by atoms with Crippen molar-refractivity contribution in [3.05, 3.63) is 176 Å². The van der Waals surface area contributed by atoms with Crippen LogP contribution in [0.2, 0.25) is 0 Å². The topological polar surface area (TPSA) is 51.8 Å². The molecule has 0 atom stereocenters. The van der Waals surface area contributed by atoms with E-state index in [2.05, 4.69) is 114 Å². The van der Waals surface area contributed by atoms with Gasteiger partial charge < -0.3 is 4.42 Å². The molecule has 4 nitrogen and oxygen atoms in total. The van der Waals surface area contributed by atoms with Crippen molar-refractivity contribution in [2.75, 3.05) is 0 Å². The molecule has 9 aromatic rings. The van der Waals surface area contributed by atoms with Crippen molar-refractivity contribution in [2.45, 2.75) is 0 Å². The van der Waals surface area contributed by atoms with E-state index in [4.69, 9.17) is 14.4 Å². The van der Waals surface area contributed by atoms with Gasteiger partial charge in [-0.2, -0.15) is 0 Å². The Morgan fingerprint density at radius 1 is 0.367 bits per heavy atom. The van der Waals surface area contributed by atoms with Crippen molar-refractivity contribution in [1.82, 2.24) is 15.0 Å². The quantitative estimate of drug-likeness (QED) is 0.184. The van der Waals surface area contributed by atoms with Gasteiger partial charge in [-0.05, 0) is 64.2 Å². The summed E-state index contributed by atoms with van der Waals surface area (Å²) in [4.78, 5) is 15.1. The number of fused-ring (bicyclic) bond motifs is 3. The fourth-order valence-electron chi connectivity index (χ4n) is 6.61. The van der Waals surface area contributed by atoms with Crippen LogP contribution < -0.4 is 0 Å². The normalized spacial score (nSPS) is 11.3. The summed E-state index contributed by atoms with van der Waals surface area (Å²) in [5.41, 5.74) is 12.9. The Morgan fingerprint density at radius 3 is 1.82 bits per heavy atom. The first-order chi connectivity index (χ1) is 24.3. The van der Waals surface area contributed by atoms with E-state index in [0.717, 1.165) is 77.8 Å². The predicted octanol–water partition coefficient (Wildman–Crippen LogP) is 11.8. The molecular weight excluding hydrogens is 599 g/mol. The van der Waals surface area contributed by atoms with Crippen molar-refractivity contribution >= 4 is 21.9 Å². The molecule has 0 saturated carbocycles. The maximum absolute atomic E-state index is 6.13. The van der Waals surface area contributed by atoms with Crippen molar-refractivity contribution < 1.29 is 4.42 Å². The Morgan fingerprint density at radius 2 is 1.02 bits per heavy atom. The first kappa shape index (κ1) is 28.6. The summed E-state index contributed by atoms with van der Waals surface area (Å²) in [5.74, 6) is 0.636. The number of nitrogens with zero attached hydrogens (tertiary/aromatic N) is 3. The van der Waals surface area contributed by atoms with Crippen molar-refractivity contribution in [3.8, 4) is 67.3 Å². The van der Waals surface area contributed by atoms with Crippen molar-refractivity contribution in [2.24, 2.45) is 0 Å². The van der Waals surface area contributed by atoms with Gasteiger partial charge in [0.15, 0.2) is 5.82 Å². The smallest absolute Gasteiger partial charge is 0.161 e. The SMILES string of the molecule is c1ccc(-c2ccc(-c3cc(-c4ccccc4)nc(-c4ccncc4-c4ccc5oc6ccccc6c5c4)n3)c(-c3ccccc3)c2)cc1. The second-order valence-electron chi connectivity index (χ2n) is 12.1. The molecule has 0 fully saturated rings. The van der Waals surface area contributed by atoms with E-state index in [1.807, 2.05) is 67.0 Å². The minimum absolute atomic E-state index is 0.636. The van der Waals surface area contributed by atoms with Gasteiger partial charge in [-0.1, -0.05) is 127 Å². The number of rotatable bonds is 6. The monoisotopic (exact) mass is 627 g/mol. The molecule has 3 aromatic heterocycles. The molecule has 0 aliphatic rings. The number of benzene rings is 6. The van der Waals surface area contributed by atoms with E-state index >= 15 is 0 Å². The molecule has 0 unspecified atom stereocenters. The van der Waals surface area contributed by atoms with Gasteiger partial charge in [0.2, 0.25) is 0 Å². The average Bonchev–Trinajstić information content (AvgIpc) is 3.56. The van der Waals surface area contributed by atoms with Crippen LogP contribution in [0.25, 0.3) is 89.2 Å². The summed E-state index contributed by atoms with van der Waals surface area (Å²) in [6.45, 7) is 0. The highest BCUT2D eigenvalue weighted by Gasteiger charge is 2.18. The summed E-state index contributed by atoms with van der Waals surface area (Å²) in [7, 11) is 0. The Kier molecular flexibility index (Phi) is 7.10. The number of pyridine rings is 1. The standard InChI is InChI=1S/C45H29N3O/c1-4-12-30(13-5-1)33-20-22-35(38(26-33)31-14-6-2-7-15-31)42-28-41(32-16-8-3-9-17-32)47-45(48-42)37-24-25-46-29-40(37)34-21-23-44-39(27-34)36-18-10-11-19-43(36)49-44/h1-29H. The second kappa shape index (κ2) is 12.2. The van der Waals surface area contributed by atoms with Crippen LogP contribution in [0.15, 0.2) is 181 Å². The van der Waals surface area contributed by atoms with E-state index in [1.165, 1.54) is 5.56 Å². The molecule has 0 bridgehead atoms. The fourth-order valence-corrected chi connectivity index (χ4v) is 6.61. The molecule has 3 heterocycles. The maximum Gasteiger partial charge on any atom is 0.161 e. The molecule has 0 N–H and O–H groups in total. The number of para-hydroxylation sites is 1. The number of aromatic nitrogens is 3. The van der Waals surface area contributed by atoms with E-state index < -0.39 is 0 Å². The summed E-state index contributed by atoms with van der Waals surface area (Å²) in [5, 5.41) is 2.15. The molecule has 0 saturated heterocycles. The molecule has 0 spiro atoms. The van der Waals surface area contributed by atoms with Gasteiger partial charge in [0, 0.05) is 45.4 Å². The molecule has 230 valence electrons. The first-order valence-corrected chi connectivity index (χ1v) is 16.3. The Bertz CT molecular complexity index is 2590. The Labute approximate surface area is 284 Å². The summed E-state index contributed by atoms with van der Waals surface area (Å²) < 4.78 is 6.13. The van der Waals surface area contributed by atoms with Crippen molar-refractivity contribution in [3.63, 3.8) is 0 Å². The van der Waals surface area contributed by atoms with Crippen LogP contribution in [0.4, 0.5) is 0 Å². The van der Waals surface area contributed by atoms with Gasteiger partial charge in [-0.15, -0.1) is 0 Å². The molecule has 6 aromatic carbocycles. The lowest BCUT2D eigenvalue weighted by molar-refractivity contribution is 0.669. The van der Waals surface area contributed by atoms with Crippen molar-refractivity contribution in [1.29, 1.82) is 0 Å². The molecule has 0 amide bonds. The van der Waals surface area contributed by atoms with Gasteiger partial charge in [-0.25, -0.2) is 9.97 Å². The number of hydrogen-bond acceptors (Lipinski definition) is 4. The molecule has 0 radical (unpaired) electrons. The zero-order valence-electron chi connectivity index (χ0n) is 26.5. The van der Waals surface area contributed by atoms with E-state index in [0.29, 0.717) is 5.82 Å². The largest absolute Gasteiger partial charge is 0.456 e. The molecule has 0 aliphatic carbocycles. The Balaban J connectivity index is 1.26. The van der Waals surface area contributed by atoms with Gasteiger partial charge in [0.25, 0.3) is 0 Å². The Hall–Kier alpha value is -6.65. The van der Waals surface area contributed by atoms with Crippen LogP contribution in [0, 0.1) is 0 Å². The van der Waals surface area contributed by atoms with Gasteiger partial charge in [-0.3, -0.25) is 4.98 Å².